The zero-order chi connectivity index (χ0) is 49.3. The number of nitrogens with zero attached hydrogens (tertiary/aromatic N) is 4. The summed E-state index contributed by atoms with van der Waals surface area (Å²) in [5.74, 6) is 1.55. The molecular weight excluding hydrogens is 1020 g/mol. The molecule has 0 fully saturated rings. The molecular formula is C63H50N4OPt-2. The standard InChI is InChI=1S/C63H50N4O.Pt/c1-42-35-61(64-40-56(42)45-29-31-48(32-30-45)63(2,3)4)67-59-37-47-22-12-11-21-46(47)36-55(59)54-34-33-51(39-60(54)67)68-50-24-15-23-49(38-50)65-41-66(58-28-14-13-27-57(58)65)62-52(43-17-7-5-8-18-43)25-16-26-53(62)44-19-9-6-10-20-44;/h5-10,13-20,23-37,40H,11-12,21-22H2,1-4H3;/q-2;/i1D3;. The molecule has 0 amide bonds. The number of fused-ring (bicyclic) bond motifs is 5. The van der Waals surface area contributed by atoms with Crippen LogP contribution in [0.15, 0.2) is 182 Å². The minimum absolute atomic E-state index is 0.0351. The number of aromatic nitrogens is 4. The molecule has 0 N–H and O–H groups in total. The Morgan fingerprint density at radius 1 is 0.565 bits per heavy atom. The van der Waals surface area contributed by atoms with Crippen molar-refractivity contribution >= 4 is 32.8 Å². The van der Waals surface area contributed by atoms with Gasteiger partial charge in [-0.3, -0.25) is 0 Å². The predicted molar refractivity (Wildman–Crippen MR) is 279 cm³/mol. The number of rotatable bonds is 8. The Labute approximate surface area is 418 Å². The fourth-order valence-corrected chi connectivity index (χ4v) is 11.3. The first-order chi connectivity index (χ1) is 34.9. The Hall–Kier alpha value is -7.33. The van der Waals surface area contributed by atoms with Gasteiger partial charge in [-0.15, -0.1) is 0 Å². The summed E-state index contributed by atoms with van der Waals surface area (Å²) in [6.07, 6.45) is 6.04. The number of para-hydroxylation sites is 3. The van der Waals surface area contributed by atoms with Crippen molar-refractivity contribution in [2.24, 2.45) is 0 Å². The van der Waals surface area contributed by atoms with E-state index in [4.69, 9.17) is 13.8 Å². The summed E-state index contributed by atoms with van der Waals surface area (Å²) >= 11 is 2.46. The topological polar surface area (TPSA) is 36.9 Å². The van der Waals surface area contributed by atoms with E-state index >= 15 is 0 Å². The summed E-state index contributed by atoms with van der Waals surface area (Å²) in [5, 5.41) is 2.07. The van der Waals surface area contributed by atoms with Gasteiger partial charge in [0.2, 0.25) is 0 Å². The fourth-order valence-electron chi connectivity index (χ4n) is 10.2. The minimum Gasteiger partial charge on any atom is -0.0579 e. The van der Waals surface area contributed by atoms with Gasteiger partial charge in [0, 0.05) is 15.9 Å². The number of ether oxygens (including phenoxy) is 1. The van der Waals surface area contributed by atoms with Crippen LogP contribution in [0.1, 0.15) is 60.0 Å². The maximum absolute atomic E-state index is 8.77. The fraction of sp³-hybridized carbons (Fsp3) is 0.143. The third kappa shape index (κ3) is 7.70. The second kappa shape index (κ2) is 17.3. The third-order valence-electron chi connectivity index (χ3n) is 13.6. The normalized spacial score (nSPS) is 13.6. The summed E-state index contributed by atoms with van der Waals surface area (Å²) in [6.45, 7) is 4.12. The van der Waals surface area contributed by atoms with Crippen molar-refractivity contribution in [2.75, 3.05) is 0 Å². The van der Waals surface area contributed by atoms with Crippen LogP contribution in [-0.4, -0.2) is 18.7 Å². The number of imidazole rings is 1. The Morgan fingerprint density at radius 3 is 1.87 bits per heavy atom. The van der Waals surface area contributed by atoms with Crippen molar-refractivity contribution < 1.29 is 28.2 Å². The van der Waals surface area contributed by atoms with Crippen molar-refractivity contribution in [2.45, 2.75) is 58.7 Å². The number of hydrogen-bond acceptors (Lipinski definition) is 2. The zero-order valence-electron chi connectivity index (χ0n) is 41.7. The van der Waals surface area contributed by atoms with Crippen LogP contribution in [0.3, 0.4) is 0 Å². The molecule has 5 nitrogen and oxygen atoms in total. The molecule has 0 unspecified atom stereocenters. The molecule has 0 radical (unpaired) electrons. The molecule has 6 heteroatoms. The van der Waals surface area contributed by atoms with E-state index in [1.54, 1.807) is 12.3 Å². The molecule has 69 heavy (non-hydrogen) atoms. The quantitative estimate of drug-likeness (QED) is 0.142. The molecule has 0 spiro atoms. The molecule has 0 atom stereocenters. The molecule has 11 aromatic rings. The van der Waals surface area contributed by atoms with Gasteiger partial charge < -0.3 is 0 Å². The maximum atomic E-state index is 8.77. The first kappa shape index (κ1) is 39.6. The molecule has 0 saturated carbocycles. The monoisotopic (exact) mass is 1080 g/mol. The Balaban J connectivity index is 0.982. The van der Waals surface area contributed by atoms with Crippen LogP contribution >= 0.6 is 0 Å². The van der Waals surface area contributed by atoms with Crippen molar-refractivity contribution in [3.63, 3.8) is 0 Å². The van der Waals surface area contributed by atoms with Gasteiger partial charge in [-0.1, -0.05) is 45.0 Å². The van der Waals surface area contributed by atoms with Crippen LogP contribution in [0, 0.1) is 22.8 Å². The van der Waals surface area contributed by atoms with Gasteiger partial charge >= 0.3 is 294 Å². The molecule has 8 aromatic carbocycles. The SMILES string of the molecule is [2H]C([2H])([2H])c1cc(-n2c3[c-]c(Oc4[c-]c(-n5[c](=[Pt])n(-c6c(-c7ccccc7)cccc6-c6ccccc6)c6ccccc65)ccc4)ccc3c3cc4c(cc32)CCCC4)ncc1-c1ccc(C(C)(C)C)cc1. The third-order valence-corrected chi connectivity index (χ3v) is 14.7. The van der Waals surface area contributed by atoms with Crippen molar-refractivity contribution in [1.82, 2.24) is 18.7 Å². The van der Waals surface area contributed by atoms with Crippen LogP contribution in [0.25, 0.3) is 83.4 Å². The summed E-state index contributed by atoms with van der Waals surface area (Å²) in [4.78, 5) is 5.06. The van der Waals surface area contributed by atoms with Crippen molar-refractivity contribution in [3.8, 4) is 62.1 Å². The van der Waals surface area contributed by atoms with Crippen LogP contribution in [-0.2, 0) is 37.6 Å². The Bertz CT molecular complexity index is 3880. The summed E-state index contributed by atoms with van der Waals surface area (Å²) in [7, 11) is 0. The number of pyridine rings is 1. The molecule has 340 valence electrons. The van der Waals surface area contributed by atoms with E-state index in [1.165, 1.54) is 16.7 Å². The van der Waals surface area contributed by atoms with Crippen molar-refractivity contribution in [3.05, 3.63) is 220 Å². The molecule has 1 aliphatic rings. The van der Waals surface area contributed by atoms with E-state index in [0.29, 0.717) is 22.9 Å². The Morgan fingerprint density at radius 2 is 1.19 bits per heavy atom. The minimum atomic E-state index is -2.40. The predicted octanol–water partition coefficient (Wildman–Crippen LogP) is 15.9. The number of aryl methyl sites for hydroxylation is 3. The first-order valence-electron chi connectivity index (χ1n) is 25.2. The smallest absolute Gasteiger partial charge is 0.0579 e. The van der Waals surface area contributed by atoms with Gasteiger partial charge in [0.25, 0.3) is 0 Å². The molecule has 12 rings (SSSR count). The zero-order valence-corrected chi connectivity index (χ0v) is 40.9. The molecule has 3 heterocycles. The van der Waals surface area contributed by atoms with E-state index in [1.807, 2.05) is 30.3 Å². The Kier molecular flexibility index (Phi) is 9.95. The molecule has 1 aliphatic carbocycles. The molecule has 3 aromatic heterocycles. The van der Waals surface area contributed by atoms with Gasteiger partial charge in [-0.25, -0.2) is 0 Å². The van der Waals surface area contributed by atoms with Gasteiger partial charge in [0.15, 0.2) is 0 Å². The first-order valence-corrected chi connectivity index (χ1v) is 24.8. The summed E-state index contributed by atoms with van der Waals surface area (Å²) in [5.41, 5.74) is 15.7. The molecule has 0 saturated heterocycles. The van der Waals surface area contributed by atoms with Gasteiger partial charge in [0.1, 0.15) is 0 Å². The van der Waals surface area contributed by atoms with Crippen LogP contribution in [0.2, 0.25) is 0 Å². The second-order valence-electron chi connectivity index (χ2n) is 19.0. The van der Waals surface area contributed by atoms with E-state index in [-0.39, 0.29) is 11.0 Å². The van der Waals surface area contributed by atoms with Crippen LogP contribution < -0.4 is 4.74 Å². The van der Waals surface area contributed by atoms with Gasteiger partial charge in [-0.2, -0.15) is 0 Å². The summed E-state index contributed by atoms with van der Waals surface area (Å²) in [6, 6.07) is 68.1. The average molecular weight is 1080 g/mol. The molecule has 0 aliphatic heterocycles. The van der Waals surface area contributed by atoms with E-state index < -0.39 is 6.85 Å². The summed E-state index contributed by atoms with van der Waals surface area (Å²) < 4.78 is 40.7. The van der Waals surface area contributed by atoms with E-state index in [9.17, 15) is 0 Å². The number of hydrogen-bond donors (Lipinski definition) is 0. The van der Waals surface area contributed by atoms with Crippen LogP contribution in [0.5, 0.6) is 11.5 Å². The average Bonchev–Trinajstić information content (AvgIpc) is 3.87. The van der Waals surface area contributed by atoms with E-state index in [2.05, 4.69) is 205 Å². The molecule has 0 bridgehead atoms. The number of benzene rings is 8. The van der Waals surface area contributed by atoms with Gasteiger partial charge in [0.05, 0.1) is 0 Å². The van der Waals surface area contributed by atoms with Crippen LogP contribution in [0.4, 0.5) is 0 Å². The second-order valence-corrected chi connectivity index (χ2v) is 20.0. The van der Waals surface area contributed by atoms with Gasteiger partial charge in [-0.05, 0) is 65.8 Å². The van der Waals surface area contributed by atoms with Crippen molar-refractivity contribution in [1.29, 1.82) is 0 Å². The van der Waals surface area contributed by atoms with E-state index in [0.717, 1.165) is 102 Å².